The zero-order valence-electron chi connectivity index (χ0n) is 9.91. The van der Waals surface area contributed by atoms with Gasteiger partial charge >= 0.3 is 0 Å². The molecule has 0 spiro atoms. The first-order valence-corrected chi connectivity index (χ1v) is 6.13. The van der Waals surface area contributed by atoms with E-state index in [-0.39, 0.29) is 11.6 Å². The maximum absolute atomic E-state index is 10.4. The molecule has 2 aliphatic rings. The fraction of sp³-hybridized carbons (Fsp3) is 1.00. The molecule has 2 unspecified atom stereocenters. The largest absolute Gasteiger partial charge is 0.391 e. The highest BCUT2D eigenvalue weighted by Gasteiger charge is 2.40. The lowest BCUT2D eigenvalue weighted by Gasteiger charge is -2.41. The van der Waals surface area contributed by atoms with Crippen LogP contribution in [-0.4, -0.2) is 48.0 Å². The topological polar surface area (TPSA) is 32.7 Å². The maximum atomic E-state index is 10.4. The third-order valence-electron chi connectivity index (χ3n) is 4.06. The lowest BCUT2D eigenvalue weighted by Crippen LogP contribution is -2.54. The van der Waals surface area contributed by atoms with Crippen molar-refractivity contribution in [2.24, 2.45) is 5.92 Å². The van der Waals surface area contributed by atoms with Gasteiger partial charge in [0.25, 0.3) is 0 Å². The lowest BCUT2D eigenvalue weighted by atomic mass is 9.85. The lowest BCUT2D eigenvalue weighted by molar-refractivity contribution is -0.0341. The minimum atomic E-state index is -0.252. The third kappa shape index (κ3) is 2.19. The molecule has 0 saturated carbocycles. The van der Waals surface area contributed by atoms with E-state index in [1.54, 1.807) is 0 Å². The number of hydrogen-bond donors (Lipinski definition) is 1. The molecule has 2 heterocycles. The van der Waals surface area contributed by atoms with Crippen LogP contribution >= 0.6 is 0 Å². The molecule has 3 nitrogen and oxygen atoms in total. The first-order valence-electron chi connectivity index (χ1n) is 6.13. The molecule has 0 aromatic rings. The van der Waals surface area contributed by atoms with E-state index in [2.05, 4.69) is 18.7 Å². The summed E-state index contributed by atoms with van der Waals surface area (Å²) in [5, 5.41) is 10.4. The Labute approximate surface area is 92.4 Å². The summed E-state index contributed by atoms with van der Waals surface area (Å²) in [5.74, 6) is 0.334. The van der Waals surface area contributed by atoms with Crippen LogP contribution in [0.25, 0.3) is 0 Å². The Morgan fingerprint density at radius 1 is 1.33 bits per heavy atom. The van der Waals surface area contributed by atoms with Crippen molar-refractivity contribution < 1.29 is 9.84 Å². The molecule has 2 rings (SSSR count). The molecular weight excluding hydrogens is 190 g/mol. The van der Waals surface area contributed by atoms with Crippen molar-refractivity contribution in [2.45, 2.75) is 44.8 Å². The average molecular weight is 213 g/mol. The summed E-state index contributed by atoms with van der Waals surface area (Å²) in [6.07, 6.45) is 3.31. The Morgan fingerprint density at radius 3 is 2.53 bits per heavy atom. The van der Waals surface area contributed by atoms with Crippen LogP contribution in [0.1, 0.15) is 33.1 Å². The van der Waals surface area contributed by atoms with Crippen molar-refractivity contribution >= 4 is 0 Å². The zero-order chi connectivity index (χ0) is 10.9. The van der Waals surface area contributed by atoms with Crippen molar-refractivity contribution in [3.63, 3.8) is 0 Å². The Balaban J connectivity index is 1.99. The fourth-order valence-corrected chi connectivity index (χ4v) is 2.86. The first-order chi connectivity index (χ1) is 7.12. The van der Waals surface area contributed by atoms with Crippen molar-refractivity contribution in [2.75, 3.05) is 26.3 Å². The Kier molecular flexibility index (Phi) is 3.33. The van der Waals surface area contributed by atoms with Gasteiger partial charge in [0.2, 0.25) is 0 Å². The molecular formula is C12H23NO2. The van der Waals surface area contributed by atoms with E-state index < -0.39 is 0 Å². The molecule has 0 aliphatic carbocycles. The molecule has 0 aromatic heterocycles. The van der Waals surface area contributed by atoms with Gasteiger partial charge in [0.05, 0.1) is 12.7 Å². The van der Waals surface area contributed by atoms with E-state index >= 15 is 0 Å². The Hall–Kier alpha value is -0.120. The Morgan fingerprint density at radius 2 is 2.00 bits per heavy atom. The van der Waals surface area contributed by atoms with Crippen LogP contribution in [0.2, 0.25) is 0 Å². The van der Waals surface area contributed by atoms with Gasteiger partial charge < -0.3 is 9.84 Å². The molecule has 2 aliphatic heterocycles. The second-order valence-corrected chi connectivity index (χ2v) is 5.42. The predicted octanol–water partition coefficient (Wildman–Crippen LogP) is 1.26. The summed E-state index contributed by atoms with van der Waals surface area (Å²) in [7, 11) is 0. The highest BCUT2D eigenvalue weighted by molar-refractivity contribution is 4.94. The number of likely N-dealkylation sites (tertiary alicyclic amines) is 1. The second-order valence-electron chi connectivity index (χ2n) is 5.42. The van der Waals surface area contributed by atoms with E-state index in [4.69, 9.17) is 4.74 Å². The summed E-state index contributed by atoms with van der Waals surface area (Å²) in [6, 6.07) is 0. The SMILES string of the molecule is CC(C)(C(O)C1CCOC1)N1CCCC1. The summed E-state index contributed by atoms with van der Waals surface area (Å²) in [5.41, 5.74) is -0.0884. The molecule has 2 saturated heterocycles. The summed E-state index contributed by atoms with van der Waals surface area (Å²) < 4.78 is 5.36. The van der Waals surface area contributed by atoms with E-state index in [9.17, 15) is 5.11 Å². The molecule has 0 bridgehead atoms. The molecule has 2 atom stereocenters. The number of aliphatic hydroxyl groups excluding tert-OH is 1. The van der Waals surface area contributed by atoms with E-state index in [1.165, 1.54) is 12.8 Å². The van der Waals surface area contributed by atoms with Crippen molar-refractivity contribution in [3.05, 3.63) is 0 Å². The second kappa shape index (κ2) is 4.40. The van der Waals surface area contributed by atoms with Gasteiger partial charge in [-0.3, -0.25) is 4.90 Å². The molecule has 15 heavy (non-hydrogen) atoms. The van der Waals surface area contributed by atoms with Crippen LogP contribution in [0.15, 0.2) is 0 Å². The minimum Gasteiger partial charge on any atom is -0.391 e. The summed E-state index contributed by atoms with van der Waals surface area (Å²) in [6.45, 7) is 8.16. The van der Waals surface area contributed by atoms with Crippen LogP contribution in [-0.2, 0) is 4.74 Å². The quantitative estimate of drug-likeness (QED) is 0.766. The van der Waals surface area contributed by atoms with E-state index in [0.717, 1.165) is 32.7 Å². The number of ether oxygens (including phenoxy) is 1. The normalized spacial score (nSPS) is 31.0. The minimum absolute atomic E-state index is 0.0884. The van der Waals surface area contributed by atoms with Gasteiger partial charge in [-0.05, 0) is 46.2 Å². The van der Waals surface area contributed by atoms with Crippen molar-refractivity contribution in [1.82, 2.24) is 4.90 Å². The van der Waals surface area contributed by atoms with E-state index in [0.29, 0.717) is 5.92 Å². The van der Waals surface area contributed by atoms with Crippen LogP contribution in [0.5, 0.6) is 0 Å². The first kappa shape index (κ1) is 11.4. The smallest absolute Gasteiger partial charge is 0.0769 e. The monoisotopic (exact) mass is 213 g/mol. The molecule has 0 amide bonds. The summed E-state index contributed by atoms with van der Waals surface area (Å²) >= 11 is 0. The number of aliphatic hydroxyl groups is 1. The van der Waals surface area contributed by atoms with Gasteiger partial charge in [-0.2, -0.15) is 0 Å². The Bertz CT molecular complexity index is 206. The molecule has 1 N–H and O–H groups in total. The van der Waals surface area contributed by atoms with Gasteiger partial charge in [-0.25, -0.2) is 0 Å². The van der Waals surface area contributed by atoms with Gasteiger partial charge in [-0.15, -0.1) is 0 Å². The van der Waals surface area contributed by atoms with Gasteiger partial charge in [0.1, 0.15) is 0 Å². The molecule has 88 valence electrons. The number of hydrogen-bond acceptors (Lipinski definition) is 3. The average Bonchev–Trinajstić information content (AvgIpc) is 2.89. The molecule has 3 heteroatoms. The molecule has 0 radical (unpaired) electrons. The molecule has 0 aromatic carbocycles. The van der Waals surface area contributed by atoms with Crippen LogP contribution in [0.4, 0.5) is 0 Å². The van der Waals surface area contributed by atoms with Gasteiger partial charge in [0, 0.05) is 18.1 Å². The standard InChI is InChI=1S/C12H23NO2/c1-12(2,13-6-3-4-7-13)11(14)10-5-8-15-9-10/h10-11,14H,3-9H2,1-2H3. The molecule has 2 fully saturated rings. The number of nitrogens with zero attached hydrogens (tertiary/aromatic N) is 1. The van der Waals surface area contributed by atoms with Crippen LogP contribution in [0.3, 0.4) is 0 Å². The summed E-state index contributed by atoms with van der Waals surface area (Å²) in [4.78, 5) is 2.43. The fourth-order valence-electron chi connectivity index (χ4n) is 2.86. The highest BCUT2D eigenvalue weighted by atomic mass is 16.5. The van der Waals surface area contributed by atoms with Crippen LogP contribution in [0, 0.1) is 5.92 Å². The zero-order valence-corrected chi connectivity index (χ0v) is 9.91. The maximum Gasteiger partial charge on any atom is 0.0769 e. The third-order valence-corrected chi connectivity index (χ3v) is 4.06. The van der Waals surface area contributed by atoms with Crippen LogP contribution < -0.4 is 0 Å². The van der Waals surface area contributed by atoms with Gasteiger partial charge in [0.15, 0.2) is 0 Å². The highest BCUT2D eigenvalue weighted by Crippen LogP contribution is 2.31. The van der Waals surface area contributed by atoms with Gasteiger partial charge in [-0.1, -0.05) is 0 Å². The number of rotatable bonds is 3. The predicted molar refractivity (Wildman–Crippen MR) is 59.8 cm³/mol. The van der Waals surface area contributed by atoms with E-state index in [1.807, 2.05) is 0 Å². The van der Waals surface area contributed by atoms with Crippen molar-refractivity contribution in [3.8, 4) is 0 Å². The van der Waals surface area contributed by atoms with Crippen molar-refractivity contribution in [1.29, 1.82) is 0 Å².